The molecular formula is C28H31F3N4O3S. The predicted octanol–water partition coefficient (Wildman–Crippen LogP) is 6.26. The van der Waals surface area contributed by atoms with Crippen LogP contribution >= 0.6 is 0 Å². The Morgan fingerprint density at radius 3 is 2.56 bits per heavy atom. The molecule has 0 saturated carbocycles. The first-order chi connectivity index (χ1) is 19.3. The number of anilines is 2. The van der Waals surface area contributed by atoms with E-state index in [4.69, 9.17) is 2.74 Å². The van der Waals surface area contributed by atoms with E-state index in [1.807, 2.05) is 4.90 Å². The third-order valence-electron chi connectivity index (χ3n) is 6.31. The van der Waals surface area contributed by atoms with Gasteiger partial charge in [0.15, 0.2) is 5.03 Å². The Kier molecular flexibility index (Phi) is 8.03. The van der Waals surface area contributed by atoms with Crippen LogP contribution in [0, 0.1) is 0 Å². The number of benzene rings is 1. The van der Waals surface area contributed by atoms with Crippen molar-refractivity contribution in [3.05, 3.63) is 65.7 Å². The van der Waals surface area contributed by atoms with Gasteiger partial charge in [-0.1, -0.05) is 43.2 Å². The minimum absolute atomic E-state index is 0.0369. The summed E-state index contributed by atoms with van der Waals surface area (Å²) in [6.45, 7) is 2.46. The molecule has 0 atom stereocenters. The number of carbonyl (C=O) groups excluding carboxylic acids is 1. The van der Waals surface area contributed by atoms with Crippen LogP contribution in [-0.2, 0) is 27.4 Å². The van der Waals surface area contributed by atoms with E-state index < -0.39 is 33.8 Å². The number of hydrogen-bond acceptors (Lipinski definition) is 6. The van der Waals surface area contributed by atoms with Crippen molar-refractivity contribution in [1.29, 1.82) is 0 Å². The van der Waals surface area contributed by atoms with Crippen molar-refractivity contribution in [3.8, 4) is 11.3 Å². The fraction of sp³-hybridized carbons (Fsp3) is 0.393. The van der Waals surface area contributed by atoms with E-state index in [2.05, 4.69) is 14.7 Å². The standard InChI is InChI=1S/C28H31F3N4O3S/c1-20(36)10-9-19-35-18-7-3-2-4-11-21-12-5-6-13-22(21)27-23(28(29,30)31)16-17-24(32-27)34-39(37,38)26-15-8-14-25(35)33-26/h5-6,8,12-17H,2-4,7,9-11,18-19H2,1H3,(H,32,34)/i11D2. The number of nitrogens with one attached hydrogen (secondary N) is 1. The molecule has 208 valence electrons. The molecule has 1 aromatic carbocycles. The van der Waals surface area contributed by atoms with Crippen molar-refractivity contribution in [1.82, 2.24) is 9.97 Å². The summed E-state index contributed by atoms with van der Waals surface area (Å²) in [6, 6.07) is 12.0. The highest BCUT2D eigenvalue weighted by atomic mass is 32.2. The predicted molar refractivity (Wildman–Crippen MR) is 144 cm³/mol. The number of halogens is 3. The molecule has 2 aromatic heterocycles. The van der Waals surface area contributed by atoms with Gasteiger partial charge in [-0.2, -0.15) is 21.6 Å². The van der Waals surface area contributed by atoms with Crippen LogP contribution in [0.15, 0.2) is 59.6 Å². The van der Waals surface area contributed by atoms with Crippen LogP contribution in [0.4, 0.5) is 24.8 Å². The minimum atomic E-state index is -4.82. The van der Waals surface area contributed by atoms with Crippen molar-refractivity contribution in [2.24, 2.45) is 0 Å². The van der Waals surface area contributed by atoms with Crippen molar-refractivity contribution in [3.63, 3.8) is 0 Å². The summed E-state index contributed by atoms with van der Waals surface area (Å²) in [5.41, 5.74) is -1.70. The van der Waals surface area contributed by atoms with Gasteiger partial charge in [0.1, 0.15) is 17.4 Å². The average molecular weight is 563 g/mol. The highest BCUT2D eigenvalue weighted by Crippen LogP contribution is 2.38. The maximum atomic E-state index is 14.1. The highest BCUT2D eigenvalue weighted by molar-refractivity contribution is 7.92. The Bertz CT molecular complexity index is 1520. The first-order valence-corrected chi connectivity index (χ1v) is 14.2. The van der Waals surface area contributed by atoms with E-state index in [1.165, 1.54) is 37.3 Å². The minimum Gasteiger partial charge on any atom is -0.357 e. The fourth-order valence-electron chi connectivity index (χ4n) is 4.40. The SMILES string of the molecule is [2H]C1([2H])CCCCCN(CCCC(C)=O)c2cccc(n2)S(=O)(=O)Nc2ccc(C(F)(F)F)c(n2)-c2ccccc21. The molecule has 0 saturated heterocycles. The van der Waals surface area contributed by atoms with E-state index in [0.29, 0.717) is 51.0 Å². The number of sulfonamides is 1. The maximum absolute atomic E-state index is 14.1. The van der Waals surface area contributed by atoms with Crippen LogP contribution in [0.2, 0.25) is 0 Å². The van der Waals surface area contributed by atoms with E-state index in [9.17, 15) is 26.4 Å². The summed E-state index contributed by atoms with van der Waals surface area (Å²) in [4.78, 5) is 21.8. The number of alkyl halides is 3. The second-order valence-electron chi connectivity index (χ2n) is 9.36. The first kappa shape index (κ1) is 25.8. The van der Waals surface area contributed by atoms with Crippen LogP contribution in [0.5, 0.6) is 0 Å². The molecule has 0 aliphatic carbocycles. The molecule has 3 aromatic rings. The highest BCUT2D eigenvalue weighted by Gasteiger charge is 2.35. The number of aryl methyl sites for hydroxylation is 1. The number of carbonyl (C=O) groups is 1. The van der Waals surface area contributed by atoms with E-state index in [1.54, 1.807) is 12.1 Å². The van der Waals surface area contributed by atoms with Crippen molar-refractivity contribution < 1.29 is 29.1 Å². The Morgan fingerprint density at radius 2 is 1.79 bits per heavy atom. The number of ketones is 1. The monoisotopic (exact) mass is 562 g/mol. The molecule has 4 bridgehead atoms. The second-order valence-corrected chi connectivity index (χ2v) is 11.0. The van der Waals surface area contributed by atoms with Crippen molar-refractivity contribution in [2.75, 3.05) is 22.7 Å². The van der Waals surface area contributed by atoms with E-state index in [-0.39, 0.29) is 34.2 Å². The number of fused-ring (bicyclic) bond motifs is 6. The smallest absolute Gasteiger partial charge is 0.357 e. The molecule has 3 heterocycles. The zero-order chi connectivity index (χ0) is 29.8. The van der Waals surface area contributed by atoms with Crippen LogP contribution < -0.4 is 9.62 Å². The number of rotatable bonds is 4. The summed E-state index contributed by atoms with van der Waals surface area (Å²) >= 11 is 0. The molecule has 0 amide bonds. The zero-order valence-corrected chi connectivity index (χ0v) is 22.3. The molecule has 1 N–H and O–H groups in total. The summed E-state index contributed by atoms with van der Waals surface area (Å²) in [7, 11) is -4.36. The first-order valence-electron chi connectivity index (χ1n) is 13.7. The molecule has 0 fully saturated rings. The second kappa shape index (κ2) is 12.1. The zero-order valence-electron chi connectivity index (χ0n) is 23.5. The molecule has 0 radical (unpaired) electrons. The number of nitrogens with zero attached hydrogens (tertiary/aromatic N) is 3. The average Bonchev–Trinajstić information content (AvgIpc) is 2.90. The summed E-state index contributed by atoms with van der Waals surface area (Å²) in [5, 5.41) is -0.337. The normalized spacial score (nSPS) is 18.1. The van der Waals surface area contributed by atoms with Gasteiger partial charge in [0.05, 0.1) is 11.3 Å². The summed E-state index contributed by atoms with van der Waals surface area (Å²) in [5.74, 6) is 0.0534. The molecular weight excluding hydrogens is 529 g/mol. The number of aromatic nitrogens is 2. The van der Waals surface area contributed by atoms with Crippen molar-refractivity contribution >= 4 is 27.4 Å². The van der Waals surface area contributed by atoms with Crippen LogP contribution in [0.3, 0.4) is 0 Å². The van der Waals surface area contributed by atoms with Gasteiger partial charge in [-0.05, 0) is 62.4 Å². The van der Waals surface area contributed by atoms with Gasteiger partial charge in [0.2, 0.25) is 0 Å². The lowest BCUT2D eigenvalue weighted by molar-refractivity contribution is -0.137. The van der Waals surface area contributed by atoms with Gasteiger partial charge in [-0.3, -0.25) is 4.72 Å². The van der Waals surface area contributed by atoms with Gasteiger partial charge in [0.25, 0.3) is 10.0 Å². The van der Waals surface area contributed by atoms with Gasteiger partial charge in [-0.25, -0.2) is 9.97 Å². The molecule has 39 heavy (non-hydrogen) atoms. The fourth-order valence-corrected chi connectivity index (χ4v) is 5.37. The van der Waals surface area contributed by atoms with Gasteiger partial charge in [0, 0.05) is 27.8 Å². The van der Waals surface area contributed by atoms with Crippen LogP contribution in [-0.4, -0.2) is 37.3 Å². The quantitative estimate of drug-likeness (QED) is 0.404. The molecule has 4 rings (SSSR count). The Hall–Kier alpha value is -3.47. The maximum Gasteiger partial charge on any atom is 0.418 e. The Morgan fingerprint density at radius 1 is 1.03 bits per heavy atom. The summed E-state index contributed by atoms with van der Waals surface area (Å²) < 4.78 is 88.5. The molecule has 1 aliphatic heterocycles. The van der Waals surface area contributed by atoms with E-state index in [0.717, 1.165) is 12.1 Å². The lowest BCUT2D eigenvalue weighted by atomic mass is 9.96. The number of hydrogen-bond donors (Lipinski definition) is 1. The summed E-state index contributed by atoms with van der Waals surface area (Å²) in [6.07, 6.45) is -4.11. The third kappa shape index (κ3) is 7.35. The van der Waals surface area contributed by atoms with Gasteiger partial charge >= 0.3 is 6.18 Å². The number of Topliss-reactive ketones (excluding diaryl/α,β-unsaturated/α-hetero) is 1. The molecule has 7 nitrogen and oxygen atoms in total. The Balaban J connectivity index is 1.83. The lowest BCUT2D eigenvalue weighted by Crippen LogP contribution is -2.28. The molecule has 0 unspecified atom stereocenters. The third-order valence-corrected chi connectivity index (χ3v) is 7.56. The number of pyridine rings is 2. The molecule has 0 spiro atoms. The molecule has 1 aliphatic rings. The van der Waals surface area contributed by atoms with E-state index >= 15 is 0 Å². The largest absolute Gasteiger partial charge is 0.418 e. The Labute approximate surface area is 229 Å². The lowest BCUT2D eigenvalue weighted by Gasteiger charge is -2.24. The van der Waals surface area contributed by atoms with Crippen LogP contribution in [0.1, 0.15) is 59.3 Å². The van der Waals surface area contributed by atoms with Crippen molar-refractivity contribution in [2.45, 2.75) is 63.0 Å². The van der Waals surface area contributed by atoms with Crippen LogP contribution in [0.25, 0.3) is 11.3 Å². The molecule has 11 heteroatoms. The van der Waals surface area contributed by atoms with Gasteiger partial charge < -0.3 is 9.69 Å². The topological polar surface area (TPSA) is 92.3 Å². The van der Waals surface area contributed by atoms with Gasteiger partial charge in [-0.15, -0.1) is 0 Å².